The van der Waals surface area contributed by atoms with Gasteiger partial charge < -0.3 is 15.1 Å². The molecule has 4 nitrogen and oxygen atoms in total. The van der Waals surface area contributed by atoms with E-state index >= 15 is 0 Å². The predicted molar refractivity (Wildman–Crippen MR) is 85.0 cm³/mol. The molecule has 0 radical (unpaired) electrons. The van der Waals surface area contributed by atoms with E-state index in [0.717, 1.165) is 0 Å². The largest absolute Gasteiger partial charge is 0.378 e. The van der Waals surface area contributed by atoms with Crippen LogP contribution in [-0.4, -0.2) is 45.5 Å². The average molecular weight is 277 g/mol. The van der Waals surface area contributed by atoms with Crippen LogP contribution in [0.25, 0.3) is 0 Å². The number of anilines is 1. The van der Waals surface area contributed by atoms with Crippen molar-refractivity contribution in [3.8, 4) is 0 Å². The van der Waals surface area contributed by atoms with Crippen LogP contribution in [0.1, 0.15) is 25.5 Å². The minimum absolute atomic E-state index is 0.0222. The van der Waals surface area contributed by atoms with Gasteiger partial charge >= 0.3 is 0 Å². The Kier molecular flexibility index (Phi) is 6.02. The van der Waals surface area contributed by atoms with Crippen molar-refractivity contribution in [2.75, 3.05) is 39.6 Å². The van der Waals surface area contributed by atoms with Gasteiger partial charge in [0.15, 0.2) is 0 Å². The number of carbonyl (C=O) groups is 1. The molecule has 0 saturated heterocycles. The van der Waals surface area contributed by atoms with Crippen molar-refractivity contribution in [3.63, 3.8) is 0 Å². The zero-order valence-corrected chi connectivity index (χ0v) is 13.5. The second-order valence-corrected chi connectivity index (χ2v) is 5.87. The van der Waals surface area contributed by atoms with Crippen LogP contribution in [0, 0.1) is 5.92 Å². The van der Waals surface area contributed by atoms with E-state index in [4.69, 9.17) is 0 Å². The van der Waals surface area contributed by atoms with Crippen LogP contribution >= 0.6 is 0 Å². The molecule has 112 valence electrons. The highest BCUT2D eigenvalue weighted by Gasteiger charge is 2.16. The smallest absolute Gasteiger partial charge is 0.222 e. The Labute approximate surface area is 122 Å². The number of benzene rings is 1. The van der Waals surface area contributed by atoms with E-state index in [0.29, 0.717) is 6.54 Å². The minimum atomic E-state index is 0.0222. The van der Waals surface area contributed by atoms with E-state index < -0.39 is 0 Å². The number of nitrogens with one attached hydrogen (secondary N) is 1. The zero-order chi connectivity index (χ0) is 15.3. The Bertz CT molecular complexity index is 424. The molecule has 1 N–H and O–H groups in total. The SMILES string of the molecule is CC(C)C(=O)NC[C@@H](c1ccc(N(C)C)cc1)N(C)C. The molecule has 1 aromatic rings. The third-order valence-electron chi connectivity index (χ3n) is 3.41. The van der Waals surface area contributed by atoms with E-state index in [1.807, 2.05) is 42.0 Å². The second kappa shape index (κ2) is 7.29. The molecule has 1 atom stereocenters. The summed E-state index contributed by atoms with van der Waals surface area (Å²) in [5.41, 5.74) is 2.39. The Morgan fingerprint density at radius 2 is 1.65 bits per heavy atom. The summed E-state index contributed by atoms with van der Waals surface area (Å²) < 4.78 is 0. The van der Waals surface area contributed by atoms with E-state index in [2.05, 4.69) is 39.4 Å². The molecule has 20 heavy (non-hydrogen) atoms. The van der Waals surface area contributed by atoms with Gasteiger partial charge in [-0.05, 0) is 31.8 Å². The van der Waals surface area contributed by atoms with E-state index in [1.54, 1.807) is 0 Å². The lowest BCUT2D eigenvalue weighted by molar-refractivity contribution is -0.124. The van der Waals surface area contributed by atoms with Crippen molar-refractivity contribution in [3.05, 3.63) is 29.8 Å². The third kappa shape index (κ3) is 4.53. The van der Waals surface area contributed by atoms with Gasteiger partial charge in [0, 0.05) is 32.2 Å². The van der Waals surface area contributed by atoms with Crippen LogP contribution in [0.3, 0.4) is 0 Å². The van der Waals surface area contributed by atoms with Gasteiger partial charge in [-0.2, -0.15) is 0 Å². The van der Waals surface area contributed by atoms with Crippen LogP contribution < -0.4 is 10.2 Å². The highest BCUT2D eigenvalue weighted by atomic mass is 16.1. The Morgan fingerprint density at radius 1 is 1.10 bits per heavy atom. The molecule has 0 saturated carbocycles. The topological polar surface area (TPSA) is 35.6 Å². The fourth-order valence-electron chi connectivity index (χ4n) is 1.99. The molecule has 0 unspecified atom stereocenters. The minimum Gasteiger partial charge on any atom is -0.378 e. The van der Waals surface area contributed by atoms with Crippen molar-refractivity contribution >= 4 is 11.6 Å². The molecule has 0 aromatic heterocycles. The molecule has 0 aliphatic heterocycles. The lowest BCUT2D eigenvalue weighted by Gasteiger charge is -2.26. The maximum absolute atomic E-state index is 11.7. The quantitative estimate of drug-likeness (QED) is 0.865. The Morgan fingerprint density at radius 3 is 2.05 bits per heavy atom. The number of hydrogen-bond acceptors (Lipinski definition) is 3. The number of hydrogen-bond donors (Lipinski definition) is 1. The normalized spacial score (nSPS) is 12.6. The summed E-state index contributed by atoms with van der Waals surface area (Å²) in [5, 5.41) is 3.01. The highest BCUT2D eigenvalue weighted by molar-refractivity contribution is 5.77. The molecule has 0 aliphatic rings. The summed E-state index contributed by atoms with van der Waals surface area (Å²) in [5.74, 6) is 0.121. The molecule has 4 heteroatoms. The fourth-order valence-corrected chi connectivity index (χ4v) is 1.99. The van der Waals surface area contributed by atoms with Crippen LogP contribution in [0.15, 0.2) is 24.3 Å². The van der Waals surface area contributed by atoms with Gasteiger partial charge in [-0.3, -0.25) is 4.79 Å². The molecule has 1 amide bonds. The molecule has 0 fully saturated rings. The first-order valence-electron chi connectivity index (χ1n) is 7.04. The first-order chi connectivity index (χ1) is 9.32. The van der Waals surface area contributed by atoms with Crippen molar-refractivity contribution < 1.29 is 4.79 Å². The first-order valence-corrected chi connectivity index (χ1v) is 7.04. The number of carbonyl (C=O) groups excluding carboxylic acids is 1. The van der Waals surface area contributed by atoms with Gasteiger partial charge in [-0.15, -0.1) is 0 Å². The van der Waals surface area contributed by atoms with Crippen LogP contribution in [0.2, 0.25) is 0 Å². The van der Waals surface area contributed by atoms with E-state index in [-0.39, 0.29) is 17.9 Å². The molecule has 0 spiro atoms. The summed E-state index contributed by atoms with van der Waals surface area (Å²) in [4.78, 5) is 15.9. The highest BCUT2D eigenvalue weighted by Crippen LogP contribution is 2.21. The number of likely N-dealkylation sites (N-methyl/N-ethyl adjacent to an activating group) is 1. The molecule has 0 heterocycles. The summed E-state index contributed by atoms with van der Waals surface area (Å²) in [6.07, 6.45) is 0. The van der Waals surface area contributed by atoms with Gasteiger partial charge in [0.1, 0.15) is 0 Å². The van der Waals surface area contributed by atoms with E-state index in [1.165, 1.54) is 11.3 Å². The molecular formula is C16H27N3O. The van der Waals surface area contributed by atoms with Crippen molar-refractivity contribution in [2.45, 2.75) is 19.9 Å². The van der Waals surface area contributed by atoms with Gasteiger partial charge in [0.05, 0.1) is 6.04 Å². The standard InChI is InChI=1S/C16H27N3O/c1-12(2)16(20)17-11-15(19(5)6)13-7-9-14(10-8-13)18(3)4/h7-10,12,15H,11H2,1-6H3,(H,17,20)/t15-/m0/s1. The van der Waals surface area contributed by atoms with Crippen molar-refractivity contribution in [1.82, 2.24) is 10.2 Å². The van der Waals surface area contributed by atoms with Gasteiger partial charge in [0.2, 0.25) is 5.91 Å². The molecule has 1 aromatic carbocycles. The zero-order valence-electron chi connectivity index (χ0n) is 13.5. The number of rotatable bonds is 6. The second-order valence-electron chi connectivity index (χ2n) is 5.87. The first kappa shape index (κ1) is 16.5. The van der Waals surface area contributed by atoms with Crippen LogP contribution in [-0.2, 0) is 4.79 Å². The molecule has 1 rings (SSSR count). The summed E-state index contributed by atoms with van der Waals surface area (Å²) >= 11 is 0. The van der Waals surface area contributed by atoms with Crippen molar-refractivity contribution in [1.29, 1.82) is 0 Å². The lowest BCUT2D eigenvalue weighted by atomic mass is 10.0. The molecular weight excluding hydrogens is 250 g/mol. The Hall–Kier alpha value is -1.55. The molecule has 0 aliphatic carbocycles. The average Bonchev–Trinajstić information content (AvgIpc) is 2.38. The molecule has 0 bridgehead atoms. The number of amides is 1. The maximum Gasteiger partial charge on any atom is 0.222 e. The van der Waals surface area contributed by atoms with Gasteiger partial charge in [-0.25, -0.2) is 0 Å². The summed E-state index contributed by atoms with van der Waals surface area (Å²) in [7, 11) is 8.13. The monoisotopic (exact) mass is 277 g/mol. The maximum atomic E-state index is 11.7. The predicted octanol–water partition coefficient (Wildman–Crippen LogP) is 2.13. The fraction of sp³-hybridized carbons (Fsp3) is 0.562. The number of nitrogens with zero attached hydrogens (tertiary/aromatic N) is 2. The van der Waals surface area contributed by atoms with E-state index in [9.17, 15) is 4.79 Å². The van der Waals surface area contributed by atoms with Crippen LogP contribution in [0.5, 0.6) is 0 Å². The summed E-state index contributed by atoms with van der Waals surface area (Å²) in [6, 6.07) is 8.66. The van der Waals surface area contributed by atoms with Gasteiger partial charge in [0.25, 0.3) is 0 Å². The van der Waals surface area contributed by atoms with Crippen molar-refractivity contribution in [2.24, 2.45) is 5.92 Å². The Balaban J connectivity index is 2.78. The third-order valence-corrected chi connectivity index (χ3v) is 3.41. The van der Waals surface area contributed by atoms with Gasteiger partial charge in [-0.1, -0.05) is 26.0 Å². The lowest BCUT2D eigenvalue weighted by Crippen LogP contribution is -2.36. The summed E-state index contributed by atoms with van der Waals surface area (Å²) in [6.45, 7) is 4.45. The van der Waals surface area contributed by atoms with Crippen LogP contribution in [0.4, 0.5) is 5.69 Å².